The second kappa shape index (κ2) is 9.34. The Morgan fingerprint density at radius 2 is 2.29 bits per heavy atom. The van der Waals surface area contributed by atoms with E-state index in [1.807, 2.05) is 0 Å². The second-order valence-corrected chi connectivity index (χ2v) is 7.64. The van der Waals surface area contributed by atoms with Crippen molar-refractivity contribution >= 4 is 15.7 Å². The first-order valence-electron chi connectivity index (χ1n) is 7.29. The normalized spacial score (nSPS) is 20.4. The van der Waals surface area contributed by atoms with E-state index in [4.69, 9.17) is 15.2 Å². The highest BCUT2D eigenvalue weighted by Gasteiger charge is 2.16. The van der Waals surface area contributed by atoms with E-state index >= 15 is 0 Å². The van der Waals surface area contributed by atoms with E-state index in [0.29, 0.717) is 26.2 Å². The van der Waals surface area contributed by atoms with Gasteiger partial charge in [-0.2, -0.15) is 0 Å². The molecule has 7 nitrogen and oxygen atoms in total. The SMILES string of the molecule is CS(=O)(=O)CCC(N)C(=O)NCCCOCC1CCCO1. The fourth-order valence-corrected chi connectivity index (χ4v) is 2.66. The summed E-state index contributed by atoms with van der Waals surface area (Å²) in [5, 5.41) is 2.68. The summed E-state index contributed by atoms with van der Waals surface area (Å²) in [6, 6.07) is -0.785. The summed E-state index contributed by atoms with van der Waals surface area (Å²) in [5.74, 6) is -0.399. The number of nitrogens with two attached hydrogens (primary N) is 1. The zero-order valence-electron chi connectivity index (χ0n) is 12.5. The van der Waals surface area contributed by atoms with E-state index in [-0.39, 0.29) is 24.2 Å². The molecule has 0 bridgehead atoms. The monoisotopic (exact) mass is 322 g/mol. The highest BCUT2D eigenvalue weighted by molar-refractivity contribution is 7.90. The van der Waals surface area contributed by atoms with Crippen LogP contribution in [0.25, 0.3) is 0 Å². The molecule has 0 aromatic heterocycles. The van der Waals surface area contributed by atoms with E-state index < -0.39 is 15.9 Å². The Morgan fingerprint density at radius 3 is 2.90 bits per heavy atom. The average Bonchev–Trinajstić information content (AvgIpc) is 2.92. The number of hydrogen-bond donors (Lipinski definition) is 2. The lowest BCUT2D eigenvalue weighted by Crippen LogP contribution is -2.42. The number of carbonyl (C=O) groups is 1. The minimum Gasteiger partial charge on any atom is -0.379 e. The lowest BCUT2D eigenvalue weighted by atomic mass is 10.2. The van der Waals surface area contributed by atoms with Crippen molar-refractivity contribution < 1.29 is 22.7 Å². The molecular weight excluding hydrogens is 296 g/mol. The Kier molecular flexibility index (Phi) is 8.16. The number of amides is 1. The first-order valence-corrected chi connectivity index (χ1v) is 9.35. The summed E-state index contributed by atoms with van der Waals surface area (Å²) < 4.78 is 32.9. The van der Waals surface area contributed by atoms with Crippen LogP contribution in [0, 0.1) is 0 Å². The van der Waals surface area contributed by atoms with Crippen molar-refractivity contribution in [1.82, 2.24) is 5.32 Å². The fourth-order valence-electron chi connectivity index (χ4n) is 1.98. The van der Waals surface area contributed by atoms with Gasteiger partial charge in [-0.15, -0.1) is 0 Å². The van der Waals surface area contributed by atoms with Crippen molar-refractivity contribution in [2.75, 3.05) is 38.4 Å². The third-order valence-corrected chi connectivity index (χ3v) is 4.21. The van der Waals surface area contributed by atoms with Crippen molar-refractivity contribution in [3.05, 3.63) is 0 Å². The quantitative estimate of drug-likeness (QED) is 0.523. The Hall–Kier alpha value is -0.700. The van der Waals surface area contributed by atoms with Crippen LogP contribution in [0.5, 0.6) is 0 Å². The number of sulfone groups is 1. The van der Waals surface area contributed by atoms with Gasteiger partial charge in [0.1, 0.15) is 9.84 Å². The predicted molar refractivity (Wildman–Crippen MR) is 79.7 cm³/mol. The molecule has 1 fully saturated rings. The molecule has 0 spiro atoms. The minimum absolute atomic E-state index is 0.0773. The first-order chi connectivity index (χ1) is 9.88. The molecule has 2 atom stereocenters. The van der Waals surface area contributed by atoms with E-state index in [1.165, 1.54) is 0 Å². The standard InChI is InChI=1S/C13H26N2O5S/c1-21(17,18)9-5-12(14)13(16)15-6-3-7-19-10-11-4-2-8-20-11/h11-12H,2-10,14H2,1H3,(H,15,16). The average molecular weight is 322 g/mol. The van der Waals surface area contributed by atoms with Gasteiger partial charge < -0.3 is 20.5 Å². The molecule has 1 saturated heterocycles. The van der Waals surface area contributed by atoms with Crippen molar-refractivity contribution in [1.29, 1.82) is 0 Å². The highest BCUT2D eigenvalue weighted by Crippen LogP contribution is 2.11. The maximum Gasteiger partial charge on any atom is 0.236 e. The van der Waals surface area contributed by atoms with Crippen LogP contribution < -0.4 is 11.1 Å². The van der Waals surface area contributed by atoms with E-state index in [0.717, 1.165) is 25.7 Å². The van der Waals surface area contributed by atoms with Gasteiger partial charge in [-0.25, -0.2) is 8.42 Å². The van der Waals surface area contributed by atoms with Crippen LogP contribution in [-0.4, -0.2) is 64.8 Å². The first kappa shape index (κ1) is 18.3. The molecule has 1 aliphatic rings. The molecule has 8 heteroatoms. The summed E-state index contributed by atoms with van der Waals surface area (Å²) in [5.41, 5.74) is 5.62. The minimum atomic E-state index is -3.09. The van der Waals surface area contributed by atoms with Gasteiger partial charge in [0.2, 0.25) is 5.91 Å². The Balaban J connectivity index is 1.99. The van der Waals surface area contributed by atoms with Gasteiger partial charge >= 0.3 is 0 Å². The van der Waals surface area contributed by atoms with Gasteiger partial charge in [0, 0.05) is 26.0 Å². The topological polar surface area (TPSA) is 108 Å². The van der Waals surface area contributed by atoms with E-state index in [9.17, 15) is 13.2 Å². The van der Waals surface area contributed by atoms with Gasteiger partial charge in [0.25, 0.3) is 0 Å². The summed E-state index contributed by atoms with van der Waals surface area (Å²) >= 11 is 0. The number of ether oxygens (including phenoxy) is 2. The van der Waals surface area contributed by atoms with Crippen molar-refractivity contribution in [2.24, 2.45) is 5.73 Å². The maximum absolute atomic E-state index is 11.6. The molecule has 0 aliphatic carbocycles. The Bertz CT molecular complexity index is 407. The fraction of sp³-hybridized carbons (Fsp3) is 0.923. The molecule has 1 amide bonds. The molecule has 124 valence electrons. The van der Waals surface area contributed by atoms with Crippen LogP contribution >= 0.6 is 0 Å². The molecular formula is C13H26N2O5S. The number of hydrogen-bond acceptors (Lipinski definition) is 6. The zero-order chi connectivity index (χ0) is 15.7. The molecule has 1 aliphatic heterocycles. The van der Waals surface area contributed by atoms with Gasteiger partial charge in [0.15, 0.2) is 0 Å². The largest absolute Gasteiger partial charge is 0.379 e. The van der Waals surface area contributed by atoms with Crippen LogP contribution in [0.15, 0.2) is 0 Å². The van der Waals surface area contributed by atoms with Gasteiger partial charge in [-0.1, -0.05) is 0 Å². The molecule has 0 saturated carbocycles. The number of rotatable bonds is 10. The van der Waals surface area contributed by atoms with Crippen LogP contribution in [-0.2, 0) is 24.1 Å². The summed E-state index contributed by atoms with van der Waals surface area (Å²) in [6.07, 6.45) is 4.31. The third-order valence-electron chi connectivity index (χ3n) is 3.23. The molecule has 3 N–H and O–H groups in total. The number of nitrogens with one attached hydrogen (secondary N) is 1. The molecule has 0 aromatic rings. The summed E-state index contributed by atoms with van der Waals surface area (Å²) in [4.78, 5) is 11.6. The molecule has 0 aromatic carbocycles. The second-order valence-electron chi connectivity index (χ2n) is 5.38. The lowest BCUT2D eigenvalue weighted by molar-refractivity contribution is -0.122. The molecule has 1 heterocycles. The highest BCUT2D eigenvalue weighted by atomic mass is 32.2. The van der Waals surface area contributed by atoms with Crippen LogP contribution in [0.3, 0.4) is 0 Å². The zero-order valence-corrected chi connectivity index (χ0v) is 13.4. The third kappa shape index (κ3) is 9.02. The molecule has 21 heavy (non-hydrogen) atoms. The summed E-state index contributed by atoms with van der Waals surface area (Å²) in [6.45, 7) is 2.44. The lowest BCUT2D eigenvalue weighted by Gasteiger charge is -2.12. The van der Waals surface area contributed by atoms with Crippen molar-refractivity contribution in [2.45, 2.75) is 37.8 Å². The van der Waals surface area contributed by atoms with Gasteiger partial charge in [-0.05, 0) is 25.7 Å². The van der Waals surface area contributed by atoms with Crippen LogP contribution in [0.1, 0.15) is 25.7 Å². The number of carbonyl (C=O) groups excluding carboxylic acids is 1. The maximum atomic E-state index is 11.6. The summed E-state index contributed by atoms with van der Waals surface area (Å²) in [7, 11) is -3.09. The Morgan fingerprint density at radius 1 is 1.52 bits per heavy atom. The van der Waals surface area contributed by atoms with E-state index in [1.54, 1.807) is 0 Å². The van der Waals surface area contributed by atoms with Gasteiger partial charge in [-0.3, -0.25) is 4.79 Å². The van der Waals surface area contributed by atoms with Crippen LogP contribution in [0.2, 0.25) is 0 Å². The van der Waals surface area contributed by atoms with Crippen molar-refractivity contribution in [3.63, 3.8) is 0 Å². The van der Waals surface area contributed by atoms with Crippen LogP contribution in [0.4, 0.5) is 0 Å². The van der Waals surface area contributed by atoms with Gasteiger partial charge in [0.05, 0.1) is 24.5 Å². The smallest absolute Gasteiger partial charge is 0.236 e. The molecule has 0 radical (unpaired) electrons. The van der Waals surface area contributed by atoms with E-state index in [2.05, 4.69) is 5.32 Å². The Labute approximate surface area is 126 Å². The van der Waals surface area contributed by atoms with Crippen molar-refractivity contribution in [3.8, 4) is 0 Å². The molecule has 2 unspecified atom stereocenters. The predicted octanol–water partition coefficient (Wildman–Crippen LogP) is -0.550. The molecule has 1 rings (SSSR count).